The summed E-state index contributed by atoms with van der Waals surface area (Å²) in [5.41, 5.74) is -4.16. The number of halogens is 9. The van der Waals surface area contributed by atoms with Gasteiger partial charge in [0.2, 0.25) is 11.8 Å². The lowest BCUT2D eigenvalue weighted by atomic mass is 9.56. The number of fused-ring (bicyclic) bond motifs is 4. The minimum absolute atomic E-state index is 0.0188. The fourth-order valence-corrected chi connectivity index (χ4v) is 8.36. The second-order valence-electron chi connectivity index (χ2n) is 11.5. The summed E-state index contributed by atoms with van der Waals surface area (Å²) in [5, 5.41) is 11.0. The van der Waals surface area contributed by atoms with Gasteiger partial charge in [-0.15, -0.1) is 23.2 Å². The van der Waals surface area contributed by atoms with E-state index in [1.54, 1.807) is 0 Å². The number of phenols is 1. The van der Waals surface area contributed by atoms with Crippen molar-refractivity contribution in [1.82, 2.24) is 4.90 Å². The van der Waals surface area contributed by atoms with Gasteiger partial charge in [-0.1, -0.05) is 23.3 Å². The fraction of sp³-hybridized carbons (Fsp3) is 0.379. The summed E-state index contributed by atoms with van der Waals surface area (Å²) in [5.74, 6) is -9.57. The van der Waals surface area contributed by atoms with Gasteiger partial charge in [0.15, 0.2) is 9.75 Å². The Hall–Kier alpha value is -3.29. The van der Waals surface area contributed by atoms with E-state index in [0.29, 0.717) is 9.80 Å². The molecule has 7 nitrogen and oxygen atoms in total. The molecule has 2 heterocycles. The second-order valence-corrected chi connectivity index (χ2v) is 13.2. The highest BCUT2D eigenvalue weighted by molar-refractivity contribution is 6.53. The van der Waals surface area contributed by atoms with Crippen molar-refractivity contribution in [3.63, 3.8) is 0 Å². The highest BCUT2D eigenvalue weighted by Crippen LogP contribution is 2.66. The number of hydrogen-bond acceptors (Lipinski definition) is 5. The quantitative estimate of drug-likeness (QED) is 0.173. The van der Waals surface area contributed by atoms with Crippen molar-refractivity contribution in [2.24, 2.45) is 17.8 Å². The summed E-state index contributed by atoms with van der Waals surface area (Å²) in [4.78, 5) is 51.2. The number of hydrogen-bond donors (Lipinski definition) is 1. The van der Waals surface area contributed by atoms with Crippen LogP contribution in [0.4, 0.5) is 32.0 Å². The predicted molar refractivity (Wildman–Crippen MR) is 148 cm³/mol. The Morgan fingerprint density at radius 2 is 1.47 bits per heavy atom. The first kappa shape index (κ1) is 31.7. The van der Waals surface area contributed by atoms with Crippen LogP contribution in [0, 0.1) is 17.8 Å². The predicted octanol–water partition coefficient (Wildman–Crippen LogP) is 6.28. The first-order chi connectivity index (χ1) is 20.7. The SMILES string of the molecule is CN1C(=O)C2(Cl)CC3C(=CCC4C(=O)N(c5cc(C(F)(F)F)cc(C(F)(F)F)c5)C(=O)C43)C(c3cc(Cl)ccc3O)C2(Cl)C1=O. The van der Waals surface area contributed by atoms with Gasteiger partial charge in [0.25, 0.3) is 11.8 Å². The largest absolute Gasteiger partial charge is 0.508 e. The number of alkyl halides is 8. The third-order valence-corrected chi connectivity index (χ3v) is 10.8. The van der Waals surface area contributed by atoms with Crippen LogP contribution in [0.15, 0.2) is 48.0 Å². The van der Waals surface area contributed by atoms with E-state index in [2.05, 4.69) is 0 Å². The molecule has 2 aromatic carbocycles. The van der Waals surface area contributed by atoms with Crippen molar-refractivity contribution in [2.45, 2.75) is 40.9 Å². The summed E-state index contributed by atoms with van der Waals surface area (Å²) in [6.07, 6.45) is -9.71. The van der Waals surface area contributed by atoms with E-state index in [9.17, 15) is 50.6 Å². The molecule has 2 aromatic rings. The molecule has 0 radical (unpaired) electrons. The number of phenolic OH excluding ortho intramolecular Hbond substituents is 1. The van der Waals surface area contributed by atoms with E-state index in [1.165, 1.54) is 24.3 Å². The third kappa shape index (κ3) is 4.33. The molecule has 1 N–H and O–H groups in total. The van der Waals surface area contributed by atoms with Gasteiger partial charge in [0.05, 0.1) is 28.7 Å². The van der Waals surface area contributed by atoms with Gasteiger partial charge in [-0.05, 0) is 55.2 Å². The van der Waals surface area contributed by atoms with Gasteiger partial charge in [0, 0.05) is 23.6 Å². The Balaban J connectivity index is 1.51. The highest BCUT2D eigenvalue weighted by atomic mass is 35.5. The molecular formula is C29H19Cl3F6N2O5. The van der Waals surface area contributed by atoms with Gasteiger partial charge in [-0.2, -0.15) is 26.3 Å². The molecule has 6 atom stereocenters. The van der Waals surface area contributed by atoms with E-state index in [-0.39, 0.29) is 46.5 Å². The lowest BCUT2D eigenvalue weighted by molar-refractivity contribution is -0.143. The molecule has 0 aromatic heterocycles. The molecule has 3 fully saturated rings. The summed E-state index contributed by atoms with van der Waals surface area (Å²) < 4.78 is 81.7. The van der Waals surface area contributed by atoms with Crippen molar-refractivity contribution in [1.29, 1.82) is 0 Å². The van der Waals surface area contributed by atoms with Crippen LogP contribution in [0.25, 0.3) is 0 Å². The number of imide groups is 2. The van der Waals surface area contributed by atoms with Crippen molar-refractivity contribution in [3.05, 3.63) is 69.8 Å². The standard InChI is InChI=1S/C29H19Cl3F6N2O5/c1-39-24(44)26(31)10-18-15(21(27(26,32)25(39)45)17-9-13(30)2-5-19(17)41)3-4-16-20(18)23(43)40(22(16)42)14-7-11(28(33,34)35)6-12(8-14)29(36,37)38/h2-3,5-9,16,18,20-21,41H,4,10H2,1H3. The Kier molecular flexibility index (Phi) is 6.94. The fourth-order valence-electron chi connectivity index (χ4n) is 7.17. The molecule has 2 saturated heterocycles. The smallest absolute Gasteiger partial charge is 0.416 e. The highest BCUT2D eigenvalue weighted by Gasteiger charge is 2.76. The van der Waals surface area contributed by atoms with Crippen LogP contribution < -0.4 is 4.90 Å². The number of anilines is 1. The second kappa shape index (κ2) is 9.85. The zero-order valence-corrected chi connectivity index (χ0v) is 24.9. The summed E-state index contributed by atoms with van der Waals surface area (Å²) in [6, 6.07) is 4.30. The van der Waals surface area contributed by atoms with Crippen LogP contribution in [0.5, 0.6) is 5.75 Å². The van der Waals surface area contributed by atoms with Crippen molar-refractivity contribution >= 4 is 64.1 Å². The van der Waals surface area contributed by atoms with Crippen LogP contribution in [0.2, 0.25) is 5.02 Å². The monoisotopic (exact) mass is 694 g/mol. The molecule has 2 aliphatic heterocycles. The number of amides is 4. The van der Waals surface area contributed by atoms with E-state index in [4.69, 9.17) is 34.8 Å². The number of likely N-dealkylation sites (tertiary alicyclic amines) is 1. The van der Waals surface area contributed by atoms with Gasteiger partial charge in [-0.3, -0.25) is 24.1 Å². The van der Waals surface area contributed by atoms with Gasteiger partial charge in [0.1, 0.15) is 5.75 Å². The van der Waals surface area contributed by atoms with Gasteiger partial charge < -0.3 is 5.11 Å². The maximum absolute atomic E-state index is 14.0. The summed E-state index contributed by atoms with van der Waals surface area (Å²) in [7, 11) is 1.14. The minimum Gasteiger partial charge on any atom is -0.508 e. The molecule has 238 valence electrons. The lowest BCUT2D eigenvalue weighted by Crippen LogP contribution is -2.60. The number of carbonyl (C=O) groups is 4. The maximum atomic E-state index is 14.0. The zero-order valence-electron chi connectivity index (χ0n) is 22.6. The molecule has 0 bridgehead atoms. The van der Waals surface area contributed by atoms with Crippen LogP contribution in [-0.4, -0.2) is 50.4 Å². The van der Waals surface area contributed by atoms with Crippen molar-refractivity contribution < 1.29 is 50.6 Å². The molecule has 4 amide bonds. The van der Waals surface area contributed by atoms with E-state index in [1.807, 2.05) is 0 Å². The number of nitrogens with zero attached hydrogens (tertiary/aromatic N) is 2. The van der Waals surface area contributed by atoms with Gasteiger partial charge in [-0.25, -0.2) is 4.90 Å². The molecule has 0 spiro atoms. The Labute approximate surface area is 265 Å². The van der Waals surface area contributed by atoms with Crippen LogP contribution in [-0.2, 0) is 31.5 Å². The number of allylic oxidation sites excluding steroid dienone is 2. The average molecular weight is 696 g/mol. The first-order valence-corrected chi connectivity index (χ1v) is 14.4. The number of rotatable bonds is 2. The Morgan fingerprint density at radius 1 is 0.867 bits per heavy atom. The molecule has 2 aliphatic carbocycles. The van der Waals surface area contributed by atoms with Crippen LogP contribution >= 0.6 is 34.8 Å². The topological polar surface area (TPSA) is 95.0 Å². The molecular weight excluding hydrogens is 677 g/mol. The zero-order chi connectivity index (χ0) is 33.2. The molecule has 16 heteroatoms. The summed E-state index contributed by atoms with van der Waals surface area (Å²) >= 11 is 20.2. The van der Waals surface area contributed by atoms with E-state index in [0.717, 1.165) is 7.05 Å². The van der Waals surface area contributed by atoms with E-state index < -0.39 is 92.6 Å². The Bertz CT molecular complexity index is 1710. The van der Waals surface area contributed by atoms with E-state index >= 15 is 0 Å². The van der Waals surface area contributed by atoms with Crippen molar-refractivity contribution in [2.75, 3.05) is 11.9 Å². The molecule has 45 heavy (non-hydrogen) atoms. The molecule has 1 saturated carbocycles. The lowest BCUT2D eigenvalue weighted by Gasteiger charge is -2.50. The number of benzene rings is 2. The van der Waals surface area contributed by atoms with Crippen LogP contribution in [0.1, 0.15) is 35.4 Å². The first-order valence-electron chi connectivity index (χ1n) is 13.3. The van der Waals surface area contributed by atoms with Gasteiger partial charge >= 0.3 is 12.4 Å². The Morgan fingerprint density at radius 3 is 2.04 bits per heavy atom. The molecule has 6 unspecified atom stereocenters. The molecule has 6 rings (SSSR count). The maximum Gasteiger partial charge on any atom is 0.416 e. The third-order valence-electron chi connectivity index (χ3n) is 9.15. The number of aromatic hydroxyl groups is 1. The minimum atomic E-state index is -5.24. The van der Waals surface area contributed by atoms with Crippen LogP contribution in [0.3, 0.4) is 0 Å². The normalized spacial score (nSPS) is 31.6. The number of carbonyl (C=O) groups excluding carboxylic acids is 4. The van der Waals surface area contributed by atoms with Crippen molar-refractivity contribution in [3.8, 4) is 5.75 Å². The summed E-state index contributed by atoms with van der Waals surface area (Å²) in [6.45, 7) is 0. The average Bonchev–Trinajstić information content (AvgIpc) is 3.28. The molecule has 4 aliphatic rings.